The summed E-state index contributed by atoms with van der Waals surface area (Å²) in [6, 6.07) is 5.98. The molecule has 1 aliphatic rings. The van der Waals surface area contributed by atoms with Crippen LogP contribution in [0.2, 0.25) is 0 Å². The molecule has 1 aliphatic carbocycles. The lowest BCUT2D eigenvalue weighted by Crippen LogP contribution is -2.36. The number of nitrogens with one attached hydrogen (secondary N) is 2. The van der Waals surface area contributed by atoms with Crippen LogP contribution in [0.4, 0.5) is 10.5 Å². The van der Waals surface area contributed by atoms with Crippen molar-refractivity contribution >= 4 is 22.6 Å². The lowest BCUT2D eigenvalue weighted by molar-refractivity contribution is 0.206. The molecule has 0 unspecified atom stereocenters. The second-order valence-corrected chi connectivity index (χ2v) is 5.98. The average molecular weight is 310 g/mol. The van der Waals surface area contributed by atoms with E-state index in [0.717, 1.165) is 35.0 Å². The van der Waals surface area contributed by atoms with Gasteiger partial charge in [0.25, 0.3) is 0 Å². The van der Waals surface area contributed by atoms with Crippen molar-refractivity contribution in [3.63, 3.8) is 0 Å². The third-order valence-corrected chi connectivity index (χ3v) is 4.05. The van der Waals surface area contributed by atoms with Gasteiger partial charge in [-0.15, -0.1) is 0 Å². The topological polar surface area (TPSA) is 78.8 Å². The van der Waals surface area contributed by atoms with Gasteiger partial charge in [0.2, 0.25) is 0 Å². The van der Waals surface area contributed by atoms with Gasteiger partial charge in [-0.25, -0.2) is 4.79 Å². The van der Waals surface area contributed by atoms with Gasteiger partial charge in [0.05, 0.1) is 24.5 Å². The smallest absolute Gasteiger partial charge is 0.317 e. The van der Waals surface area contributed by atoms with Gasteiger partial charge in [0.15, 0.2) is 0 Å². The van der Waals surface area contributed by atoms with Crippen LogP contribution in [0.3, 0.4) is 0 Å². The predicted molar refractivity (Wildman–Crippen MR) is 86.9 cm³/mol. The number of aromatic nitrogens is 4. The normalized spacial score (nSPS) is 14.1. The molecular weight excluding hydrogens is 292 g/mol. The monoisotopic (exact) mass is 310 g/mol. The number of anilines is 1. The highest BCUT2D eigenvalue weighted by Gasteiger charge is 2.32. The maximum absolute atomic E-state index is 12.6. The fraction of sp³-hybridized carbons (Fsp3) is 0.312. The lowest BCUT2D eigenvalue weighted by Gasteiger charge is -2.22. The zero-order valence-electron chi connectivity index (χ0n) is 12.9. The van der Waals surface area contributed by atoms with E-state index in [9.17, 15) is 4.79 Å². The summed E-state index contributed by atoms with van der Waals surface area (Å²) < 4.78 is 1.76. The van der Waals surface area contributed by atoms with Gasteiger partial charge in [0, 0.05) is 35.9 Å². The Hall–Kier alpha value is -2.83. The average Bonchev–Trinajstić information content (AvgIpc) is 3.12. The Morgan fingerprint density at radius 1 is 1.43 bits per heavy atom. The standard InChI is InChI=1S/C16H18N6O/c1-21-9-11(7-18-21)10-22(14-3-4-14)16(23)19-13-2-5-15-12(6-13)8-17-20-15/h2,5-9,14H,3-4,10H2,1H3,(H,17,20)(H,19,23). The molecule has 3 aromatic rings. The summed E-state index contributed by atoms with van der Waals surface area (Å²) in [7, 11) is 1.88. The summed E-state index contributed by atoms with van der Waals surface area (Å²) >= 11 is 0. The summed E-state index contributed by atoms with van der Waals surface area (Å²) in [4.78, 5) is 14.5. The van der Waals surface area contributed by atoms with E-state index in [2.05, 4.69) is 20.6 Å². The first kappa shape index (κ1) is 13.8. The Morgan fingerprint density at radius 3 is 3.04 bits per heavy atom. The van der Waals surface area contributed by atoms with E-state index in [0.29, 0.717) is 12.6 Å². The number of nitrogens with zero attached hydrogens (tertiary/aromatic N) is 4. The van der Waals surface area contributed by atoms with Crippen molar-refractivity contribution in [2.24, 2.45) is 7.05 Å². The Balaban J connectivity index is 1.50. The highest BCUT2D eigenvalue weighted by atomic mass is 16.2. The molecule has 0 spiro atoms. The third kappa shape index (κ3) is 2.90. The van der Waals surface area contributed by atoms with Crippen LogP contribution in [0.15, 0.2) is 36.8 Å². The van der Waals surface area contributed by atoms with Crippen LogP contribution in [0, 0.1) is 0 Å². The molecular formula is C16H18N6O. The minimum atomic E-state index is -0.0702. The zero-order chi connectivity index (χ0) is 15.8. The number of urea groups is 1. The van der Waals surface area contributed by atoms with Gasteiger partial charge in [-0.1, -0.05) is 0 Å². The molecule has 4 rings (SSSR count). The number of hydrogen-bond donors (Lipinski definition) is 2. The molecule has 2 aromatic heterocycles. The summed E-state index contributed by atoms with van der Waals surface area (Å²) in [5.41, 5.74) is 2.78. The molecule has 1 aromatic carbocycles. The summed E-state index contributed by atoms with van der Waals surface area (Å²) in [5.74, 6) is 0. The van der Waals surface area contributed by atoms with Crippen LogP contribution in [-0.4, -0.2) is 37.0 Å². The Bertz CT molecular complexity index is 847. The van der Waals surface area contributed by atoms with Gasteiger partial charge in [0.1, 0.15) is 0 Å². The van der Waals surface area contributed by atoms with E-state index in [4.69, 9.17) is 0 Å². The van der Waals surface area contributed by atoms with Crippen molar-refractivity contribution in [3.05, 3.63) is 42.4 Å². The summed E-state index contributed by atoms with van der Waals surface area (Å²) in [5, 5.41) is 15.0. The van der Waals surface area contributed by atoms with Crippen molar-refractivity contribution < 1.29 is 4.79 Å². The van der Waals surface area contributed by atoms with Crippen LogP contribution in [0.5, 0.6) is 0 Å². The Kier molecular flexibility index (Phi) is 3.25. The Morgan fingerprint density at radius 2 is 2.30 bits per heavy atom. The molecule has 7 nitrogen and oxygen atoms in total. The zero-order valence-corrected chi connectivity index (χ0v) is 12.9. The molecule has 0 aliphatic heterocycles. The van der Waals surface area contributed by atoms with Crippen molar-refractivity contribution in [3.8, 4) is 0 Å². The minimum absolute atomic E-state index is 0.0702. The highest BCUT2D eigenvalue weighted by molar-refractivity contribution is 5.92. The van der Waals surface area contributed by atoms with Crippen LogP contribution in [-0.2, 0) is 13.6 Å². The Labute approximate surface area is 133 Å². The van der Waals surface area contributed by atoms with Crippen molar-refractivity contribution in [1.82, 2.24) is 24.9 Å². The van der Waals surface area contributed by atoms with Crippen molar-refractivity contribution in [2.75, 3.05) is 5.32 Å². The number of fused-ring (bicyclic) bond motifs is 1. The van der Waals surface area contributed by atoms with E-state index in [-0.39, 0.29) is 6.03 Å². The number of aryl methyl sites for hydroxylation is 1. The molecule has 23 heavy (non-hydrogen) atoms. The first-order chi connectivity index (χ1) is 11.2. The van der Waals surface area contributed by atoms with E-state index < -0.39 is 0 Å². The van der Waals surface area contributed by atoms with Crippen molar-refractivity contribution in [2.45, 2.75) is 25.4 Å². The number of carbonyl (C=O) groups is 1. The van der Waals surface area contributed by atoms with Crippen LogP contribution in [0.25, 0.3) is 10.9 Å². The summed E-state index contributed by atoms with van der Waals surface area (Å²) in [6.07, 6.45) is 7.63. The van der Waals surface area contributed by atoms with Gasteiger partial charge in [-0.3, -0.25) is 9.78 Å². The quantitative estimate of drug-likeness (QED) is 0.777. The van der Waals surface area contributed by atoms with Gasteiger partial charge in [-0.05, 0) is 31.0 Å². The van der Waals surface area contributed by atoms with E-state index >= 15 is 0 Å². The number of H-pyrrole nitrogens is 1. The second kappa shape index (κ2) is 5.42. The molecule has 118 valence electrons. The lowest BCUT2D eigenvalue weighted by atomic mass is 10.2. The van der Waals surface area contributed by atoms with E-state index in [1.807, 2.05) is 36.3 Å². The maximum atomic E-state index is 12.6. The number of benzene rings is 1. The number of rotatable bonds is 4. The van der Waals surface area contributed by atoms with Gasteiger partial charge >= 0.3 is 6.03 Å². The molecule has 0 bridgehead atoms. The first-order valence-electron chi connectivity index (χ1n) is 7.67. The number of aromatic amines is 1. The minimum Gasteiger partial charge on any atom is -0.317 e. The molecule has 0 radical (unpaired) electrons. The molecule has 0 atom stereocenters. The van der Waals surface area contributed by atoms with Crippen LogP contribution in [0.1, 0.15) is 18.4 Å². The molecule has 7 heteroatoms. The molecule has 2 N–H and O–H groups in total. The predicted octanol–water partition coefficient (Wildman–Crippen LogP) is 2.49. The van der Waals surface area contributed by atoms with Crippen LogP contribution >= 0.6 is 0 Å². The molecule has 1 saturated carbocycles. The fourth-order valence-electron chi connectivity index (χ4n) is 2.72. The van der Waals surface area contributed by atoms with Crippen LogP contribution < -0.4 is 5.32 Å². The van der Waals surface area contributed by atoms with Crippen molar-refractivity contribution in [1.29, 1.82) is 0 Å². The maximum Gasteiger partial charge on any atom is 0.322 e. The van der Waals surface area contributed by atoms with E-state index in [1.54, 1.807) is 17.1 Å². The first-order valence-corrected chi connectivity index (χ1v) is 7.67. The molecule has 0 saturated heterocycles. The number of carbonyl (C=O) groups excluding carboxylic acids is 1. The molecule has 2 amide bonds. The molecule has 1 fully saturated rings. The molecule has 2 heterocycles. The third-order valence-electron chi connectivity index (χ3n) is 4.05. The number of amides is 2. The number of hydrogen-bond acceptors (Lipinski definition) is 3. The van der Waals surface area contributed by atoms with E-state index in [1.165, 1.54) is 0 Å². The summed E-state index contributed by atoms with van der Waals surface area (Å²) in [6.45, 7) is 0.582. The highest BCUT2D eigenvalue weighted by Crippen LogP contribution is 2.29. The SMILES string of the molecule is Cn1cc(CN(C(=O)Nc2ccc3[nH]ncc3c2)C2CC2)cn1. The fourth-order valence-corrected chi connectivity index (χ4v) is 2.72. The van der Waals surface area contributed by atoms with Gasteiger partial charge in [-0.2, -0.15) is 10.2 Å². The van der Waals surface area contributed by atoms with Gasteiger partial charge < -0.3 is 10.2 Å². The second-order valence-electron chi connectivity index (χ2n) is 5.98. The largest absolute Gasteiger partial charge is 0.322 e.